The molecular weight excluding hydrogens is 461 g/mol. The Morgan fingerprint density at radius 2 is 1.79 bits per heavy atom. The average Bonchev–Trinajstić information content (AvgIpc) is 3.23. The predicted molar refractivity (Wildman–Crippen MR) is 127 cm³/mol. The third-order valence-corrected chi connectivity index (χ3v) is 8.07. The first-order valence-corrected chi connectivity index (χ1v) is 12.8. The van der Waals surface area contributed by atoms with Crippen LogP contribution in [0.15, 0.2) is 71.9 Å². The van der Waals surface area contributed by atoms with Crippen molar-refractivity contribution in [2.24, 2.45) is 0 Å². The average molecular weight is 484 g/mol. The minimum absolute atomic E-state index is 0.0421. The highest BCUT2D eigenvalue weighted by molar-refractivity contribution is 7.91. The van der Waals surface area contributed by atoms with Gasteiger partial charge in [-0.05, 0) is 66.9 Å². The van der Waals surface area contributed by atoms with E-state index in [1.807, 2.05) is 37.3 Å². The minimum Gasteiger partial charge on any atom is -0.284 e. The number of rotatable bonds is 8. The largest absolute Gasteiger partial charge is 0.284 e. The van der Waals surface area contributed by atoms with Gasteiger partial charge in [0.15, 0.2) is 15.0 Å². The molecule has 1 amide bonds. The van der Waals surface area contributed by atoms with Crippen LogP contribution in [0.5, 0.6) is 0 Å². The Hall–Kier alpha value is -3.17. The Bertz CT molecular complexity index is 1370. The maximum absolute atomic E-state index is 13.2. The van der Waals surface area contributed by atoms with Crippen molar-refractivity contribution in [3.05, 3.63) is 83.9 Å². The Labute approximate surface area is 195 Å². The predicted octanol–water partition coefficient (Wildman–Crippen LogP) is 4.93. The van der Waals surface area contributed by atoms with Crippen molar-refractivity contribution < 1.29 is 17.6 Å². The van der Waals surface area contributed by atoms with Crippen LogP contribution in [0.2, 0.25) is 0 Å². The lowest BCUT2D eigenvalue weighted by Gasteiger charge is -2.20. The van der Waals surface area contributed by atoms with E-state index in [1.54, 1.807) is 17.3 Å². The van der Waals surface area contributed by atoms with Crippen molar-refractivity contribution in [3.8, 4) is 0 Å². The first-order chi connectivity index (χ1) is 15.8. The van der Waals surface area contributed by atoms with Gasteiger partial charge in [0, 0.05) is 18.8 Å². The summed E-state index contributed by atoms with van der Waals surface area (Å²) in [6.45, 7) is 2.28. The maximum Gasteiger partial charge on any atom is 0.229 e. The highest BCUT2D eigenvalue weighted by Crippen LogP contribution is 2.32. The van der Waals surface area contributed by atoms with Gasteiger partial charge in [-0.25, -0.2) is 17.8 Å². The van der Waals surface area contributed by atoms with Crippen LogP contribution < -0.4 is 4.90 Å². The van der Waals surface area contributed by atoms with E-state index in [0.717, 1.165) is 33.5 Å². The maximum atomic E-state index is 13.2. The van der Waals surface area contributed by atoms with Gasteiger partial charge in [0.2, 0.25) is 5.91 Å². The second-order valence-electron chi connectivity index (χ2n) is 7.63. The van der Waals surface area contributed by atoms with E-state index in [-0.39, 0.29) is 29.4 Å². The first-order valence-electron chi connectivity index (χ1n) is 10.4. The topological polar surface area (TPSA) is 80.2 Å². The van der Waals surface area contributed by atoms with E-state index in [1.165, 1.54) is 23.5 Å². The van der Waals surface area contributed by atoms with Crippen LogP contribution in [-0.2, 0) is 21.2 Å². The Kier molecular flexibility index (Phi) is 6.80. The zero-order valence-electron chi connectivity index (χ0n) is 17.9. The highest BCUT2D eigenvalue weighted by atomic mass is 32.2. The fourth-order valence-corrected chi connectivity index (χ4v) is 5.80. The van der Waals surface area contributed by atoms with Crippen LogP contribution >= 0.6 is 11.3 Å². The molecular formula is C24H22FN3O3S2. The fourth-order valence-electron chi connectivity index (χ4n) is 3.43. The number of para-hydroxylation sites is 1. The number of benzene rings is 2. The molecule has 6 nitrogen and oxygen atoms in total. The van der Waals surface area contributed by atoms with Crippen LogP contribution in [0, 0.1) is 12.7 Å². The molecule has 2 aromatic carbocycles. The van der Waals surface area contributed by atoms with Crippen molar-refractivity contribution >= 4 is 42.4 Å². The molecule has 0 aliphatic carbocycles. The molecule has 170 valence electrons. The van der Waals surface area contributed by atoms with Gasteiger partial charge in [-0.3, -0.25) is 14.7 Å². The van der Waals surface area contributed by atoms with E-state index in [0.29, 0.717) is 11.7 Å². The molecule has 0 atom stereocenters. The number of sulfone groups is 1. The van der Waals surface area contributed by atoms with Crippen molar-refractivity contribution in [1.82, 2.24) is 9.97 Å². The smallest absolute Gasteiger partial charge is 0.229 e. The first kappa shape index (κ1) is 23.0. The van der Waals surface area contributed by atoms with Gasteiger partial charge in [-0.1, -0.05) is 23.5 Å². The zero-order valence-corrected chi connectivity index (χ0v) is 19.6. The van der Waals surface area contributed by atoms with Crippen LogP contribution in [0.25, 0.3) is 10.2 Å². The molecule has 0 fully saturated rings. The zero-order chi connectivity index (χ0) is 23.4. The van der Waals surface area contributed by atoms with Crippen molar-refractivity contribution in [1.29, 1.82) is 0 Å². The number of hydrogen-bond acceptors (Lipinski definition) is 6. The van der Waals surface area contributed by atoms with E-state index in [2.05, 4.69) is 4.98 Å². The fraction of sp³-hybridized carbons (Fsp3) is 0.208. The van der Waals surface area contributed by atoms with E-state index < -0.39 is 15.7 Å². The lowest BCUT2D eigenvalue weighted by Crippen LogP contribution is -2.30. The number of fused-ring (bicyclic) bond motifs is 1. The Balaban J connectivity index is 1.53. The van der Waals surface area contributed by atoms with E-state index in [4.69, 9.17) is 4.98 Å². The molecule has 0 spiro atoms. The molecule has 0 radical (unpaired) electrons. The summed E-state index contributed by atoms with van der Waals surface area (Å²) in [6.07, 6.45) is 3.52. The number of pyridine rings is 1. The summed E-state index contributed by atoms with van der Waals surface area (Å²) < 4.78 is 39.2. The van der Waals surface area contributed by atoms with Gasteiger partial charge < -0.3 is 0 Å². The second kappa shape index (κ2) is 9.76. The Morgan fingerprint density at radius 3 is 2.48 bits per heavy atom. The molecule has 9 heteroatoms. The SMILES string of the molecule is Cc1cccc2sc(N(Cc3ccncc3)C(=O)CCCS(=O)(=O)c3ccc(F)cc3)nc12. The van der Waals surface area contributed by atoms with Crippen molar-refractivity contribution in [2.75, 3.05) is 10.7 Å². The Morgan fingerprint density at radius 1 is 1.06 bits per heavy atom. The number of thiazole rings is 1. The molecule has 4 aromatic rings. The summed E-state index contributed by atoms with van der Waals surface area (Å²) in [5, 5.41) is 0.572. The summed E-state index contributed by atoms with van der Waals surface area (Å²) >= 11 is 1.43. The quantitative estimate of drug-likeness (QED) is 0.332. The molecule has 4 rings (SSSR count). The van der Waals surface area contributed by atoms with Crippen molar-refractivity contribution in [2.45, 2.75) is 31.2 Å². The van der Waals surface area contributed by atoms with Gasteiger partial charge >= 0.3 is 0 Å². The number of hydrogen-bond donors (Lipinski definition) is 0. The van der Waals surface area contributed by atoms with Crippen LogP contribution in [0.1, 0.15) is 24.0 Å². The van der Waals surface area contributed by atoms with Gasteiger partial charge in [0.25, 0.3) is 0 Å². The molecule has 33 heavy (non-hydrogen) atoms. The highest BCUT2D eigenvalue weighted by Gasteiger charge is 2.22. The van der Waals surface area contributed by atoms with Crippen LogP contribution in [-0.4, -0.2) is 30.0 Å². The van der Waals surface area contributed by atoms with Gasteiger partial charge in [-0.15, -0.1) is 0 Å². The number of halogens is 1. The number of carbonyl (C=O) groups excluding carboxylic acids is 1. The summed E-state index contributed by atoms with van der Waals surface area (Å²) in [7, 11) is -3.61. The van der Waals surface area contributed by atoms with Gasteiger partial charge in [0.05, 0.1) is 27.4 Å². The van der Waals surface area contributed by atoms with E-state index in [9.17, 15) is 17.6 Å². The standard InChI is InChI=1S/C24H22FN3O3S2/c1-17-4-2-5-21-23(17)27-24(32-21)28(16-18-11-13-26-14-12-18)22(29)6-3-15-33(30,31)20-9-7-19(25)8-10-20/h2,4-5,7-14H,3,6,15-16H2,1H3. The molecule has 0 saturated carbocycles. The normalized spacial score (nSPS) is 11.6. The lowest BCUT2D eigenvalue weighted by atomic mass is 10.2. The summed E-state index contributed by atoms with van der Waals surface area (Å²) in [6, 6.07) is 14.3. The molecule has 0 aliphatic rings. The molecule has 0 saturated heterocycles. The molecule has 0 aliphatic heterocycles. The molecule has 0 N–H and O–H groups in total. The van der Waals surface area contributed by atoms with Crippen molar-refractivity contribution in [3.63, 3.8) is 0 Å². The van der Waals surface area contributed by atoms with Gasteiger partial charge in [0.1, 0.15) is 5.82 Å². The minimum atomic E-state index is -3.61. The number of anilines is 1. The summed E-state index contributed by atoms with van der Waals surface area (Å²) in [5.74, 6) is -0.910. The van der Waals surface area contributed by atoms with E-state index >= 15 is 0 Å². The summed E-state index contributed by atoms with van der Waals surface area (Å²) in [5.41, 5.74) is 2.77. The number of amides is 1. The number of aryl methyl sites for hydroxylation is 1. The molecule has 0 bridgehead atoms. The number of nitrogens with zero attached hydrogens (tertiary/aromatic N) is 3. The third-order valence-electron chi connectivity index (χ3n) is 5.21. The summed E-state index contributed by atoms with van der Waals surface area (Å²) in [4.78, 5) is 23.6. The van der Waals surface area contributed by atoms with Crippen LogP contribution in [0.4, 0.5) is 9.52 Å². The lowest BCUT2D eigenvalue weighted by molar-refractivity contribution is -0.118. The molecule has 0 unspecified atom stereocenters. The van der Waals surface area contributed by atoms with Gasteiger partial charge in [-0.2, -0.15) is 0 Å². The molecule has 2 aromatic heterocycles. The monoisotopic (exact) mass is 483 g/mol. The number of carbonyl (C=O) groups is 1. The van der Waals surface area contributed by atoms with Crippen LogP contribution in [0.3, 0.4) is 0 Å². The number of aromatic nitrogens is 2. The third kappa shape index (κ3) is 5.43. The molecule has 2 heterocycles. The second-order valence-corrected chi connectivity index (χ2v) is 10.7.